The Morgan fingerprint density at radius 3 is 2.88 bits per heavy atom. The summed E-state index contributed by atoms with van der Waals surface area (Å²) in [7, 11) is 0. The molecular weight excluding hydrogens is 308 g/mol. The molecule has 2 fully saturated rings. The number of ether oxygens (including phenoxy) is 3. The Morgan fingerprint density at radius 1 is 1.46 bits per heavy atom. The molecule has 3 aliphatic rings. The normalized spacial score (nSPS) is 41.8. The van der Waals surface area contributed by atoms with Gasteiger partial charge in [0.15, 0.2) is 0 Å². The first-order valence-corrected chi connectivity index (χ1v) is 8.55. The molecule has 0 saturated carbocycles. The van der Waals surface area contributed by atoms with Crippen molar-refractivity contribution in [3.63, 3.8) is 0 Å². The lowest BCUT2D eigenvalue weighted by Crippen LogP contribution is -2.34. The lowest BCUT2D eigenvalue weighted by atomic mass is 9.85. The number of allylic oxidation sites excluding steroid dienone is 1. The fourth-order valence-electron chi connectivity index (χ4n) is 3.42. The van der Waals surface area contributed by atoms with E-state index in [-0.39, 0.29) is 30.2 Å². The van der Waals surface area contributed by atoms with Gasteiger partial charge in [0.25, 0.3) is 0 Å². The highest BCUT2D eigenvalue weighted by Gasteiger charge is 2.49. The van der Waals surface area contributed by atoms with Gasteiger partial charge >= 0.3 is 5.97 Å². The molecule has 1 N–H and O–H groups in total. The Labute approximate surface area is 143 Å². The van der Waals surface area contributed by atoms with Gasteiger partial charge in [0, 0.05) is 18.4 Å². The molecule has 0 spiro atoms. The topological polar surface area (TPSA) is 68.3 Å². The van der Waals surface area contributed by atoms with E-state index in [0.717, 1.165) is 11.1 Å². The smallest absolute Gasteiger partial charge is 0.334 e. The van der Waals surface area contributed by atoms with E-state index in [9.17, 15) is 9.90 Å². The van der Waals surface area contributed by atoms with Gasteiger partial charge in [0.1, 0.15) is 6.10 Å². The van der Waals surface area contributed by atoms with Crippen LogP contribution in [0.5, 0.6) is 0 Å². The van der Waals surface area contributed by atoms with Crippen LogP contribution in [0.2, 0.25) is 0 Å². The predicted molar refractivity (Wildman–Crippen MR) is 89.3 cm³/mol. The molecule has 0 aromatic heterocycles. The van der Waals surface area contributed by atoms with Crippen LogP contribution in [-0.4, -0.2) is 48.2 Å². The number of epoxide rings is 1. The lowest BCUT2D eigenvalue weighted by molar-refractivity contribution is -0.137. The van der Waals surface area contributed by atoms with Crippen LogP contribution in [0.25, 0.3) is 0 Å². The summed E-state index contributed by atoms with van der Waals surface area (Å²) in [5.74, 6) is -0.625. The molecular formula is C19H26O5. The van der Waals surface area contributed by atoms with E-state index >= 15 is 0 Å². The van der Waals surface area contributed by atoms with E-state index in [2.05, 4.69) is 6.58 Å². The van der Waals surface area contributed by atoms with Crippen LogP contribution in [0.15, 0.2) is 35.5 Å². The molecule has 0 amide bonds. The molecule has 0 aromatic carbocycles. The number of rotatable bonds is 3. The van der Waals surface area contributed by atoms with Gasteiger partial charge in [-0.15, -0.1) is 0 Å². The molecule has 132 valence electrons. The van der Waals surface area contributed by atoms with Crippen molar-refractivity contribution >= 4 is 5.97 Å². The van der Waals surface area contributed by atoms with Crippen molar-refractivity contribution < 1.29 is 24.1 Å². The van der Waals surface area contributed by atoms with E-state index in [4.69, 9.17) is 14.2 Å². The third-order valence-corrected chi connectivity index (χ3v) is 5.24. The Balaban J connectivity index is 1.88. The highest BCUT2D eigenvalue weighted by molar-refractivity contribution is 5.91. The number of esters is 1. The zero-order valence-electron chi connectivity index (χ0n) is 14.5. The average Bonchev–Trinajstić information content (AvgIpc) is 3.21. The fraction of sp³-hybridized carbons (Fsp3) is 0.632. The lowest BCUT2D eigenvalue weighted by Gasteiger charge is -2.27. The van der Waals surface area contributed by atoms with Crippen LogP contribution in [-0.2, 0) is 19.0 Å². The van der Waals surface area contributed by atoms with Crippen LogP contribution in [0, 0.1) is 5.92 Å². The molecule has 6 atom stereocenters. The molecule has 0 bridgehead atoms. The minimum absolute atomic E-state index is 0.0557. The van der Waals surface area contributed by atoms with Crippen molar-refractivity contribution in [1.29, 1.82) is 0 Å². The third-order valence-electron chi connectivity index (χ3n) is 5.24. The Hall–Kier alpha value is -1.43. The van der Waals surface area contributed by atoms with Crippen LogP contribution >= 0.6 is 0 Å². The standard InChI is InChI=1S/C19H26O5/c1-5-10(2)9-22-16-8-15-14(23-15)7-13(20)11(3)6-17-18(16)12(4)19(21)24-17/h5-6,13-18,20H,4,7-9H2,1-3H3/b10-5-,11-6-/t13-,14+,15-,16+,17-,18+/m0/s1. The van der Waals surface area contributed by atoms with Gasteiger partial charge in [0.05, 0.1) is 36.9 Å². The number of carbonyl (C=O) groups excluding carboxylic acids is 1. The molecule has 1 aliphatic carbocycles. The number of fused-ring (bicyclic) bond motifs is 2. The molecule has 5 heteroatoms. The highest BCUT2D eigenvalue weighted by Crippen LogP contribution is 2.40. The van der Waals surface area contributed by atoms with Gasteiger partial charge in [-0.05, 0) is 32.4 Å². The van der Waals surface area contributed by atoms with Crippen LogP contribution in [0.1, 0.15) is 33.6 Å². The molecule has 2 saturated heterocycles. The maximum Gasteiger partial charge on any atom is 0.334 e. The molecule has 2 aliphatic heterocycles. The van der Waals surface area contributed by atoms with Crippen molar-refractivity contribution in [2.75, 3.05) is 6.61 Å². The number of hydrogen-bond donors (Lipinski definition) is 1. The van der Waals surface area contributed by atoms with Crippen molar-refractivity contribution in [3.8, 4) is 0 Å². The number of aliphatic hydroxyl groups excluding tert-OH is 1. The van der Waals surface area contributed by atoms with E-state index in [1.54, 1.807) is 0 Å². The minimum atomic E-state index is -0.573. The maximum atomic E-state index is 12.0. The second-order valence-corrected chi connectivity index (χ2v) is 7.02. The van der Waals surface area contributed by atoms with E-state index in [0.29, 0.717) is 25.0 Å². The van der Waals surface area contributed by atoms with E-state index < -0.39 is 12.2 Å². The monoisotopic (exact) mass is 334 g/mol. The van der Waals surface area contributed by atoms with Crippen molar-refractivity contribution in [2.45, 2.75) is 64.1 Å². The Kier molecular flexibility index (Phi) is 4.95. The average molecular weight is 334 g/mol. The first kappa shape index (κ1) is 17.4. The van der Waals surface area contributed by atoms with Gasteiger partial charge in [0.2, 0.25) is 0 Å². The van der Waals surface area contributed by atoms with Gasteiger partial charge in [-0.2, -0.15) is 0 Å². The maximum absolute atomic E-state index is 12.0. The van der Waals surface area contributed by atoms with Gasteiger partial charge in [-0.25, -0.2) is 4.79 Å². The summed E-state index contributed by atoms with van der Waals surface area (Å²) in [5.41, 5.74) is 2.38. The van der Waals surface area contributed by atoms with Crippen LogP contribution in [0.4, 0.5) is 0 Å². The summed E-state index contributed by atoms with van der Waals surface area (Å²) in [4.78, 5) is 12.0. The molecule has 5 nitrogen and oxygen atoms in total. The van der Waals surface area contributed by atoms with Crippen LogP contribution in [0.3, 0.4) is 0 Å². The summed E-state index contributed by atoms with van der Waals surface area (Å²) in [6.07, 6.45) is 4.01. The zero-order chi connectivity index (χ0) is 17.4. The van der Waals surface area contributed by atoms with Crippen molar-refractivity contribution in [3.05, 3.63) is 35.5 Å². The quantitative estimate of drug-likeness (QED) is 0.371. The second-order valence-electron chi connectivity index (χ2n) is 7.02. The van der Waals surface area contributed by atoms with Gasteiger partial charge in [-0.1, -0.05) is 18.2 Å². The SMILES string of the molecule is C=C1C(=O)O[C@H]2/C=C(/C)[C@@H](O)C[C@H]3O[C@H]3C[C@@H](OC/C(C)=C\C)[C@@H]12. The number of hydrogen-bond acceptors (Lipinski definition) is 5. The third kappa shape index (κ3) is 3.48. The summed E-state index contributed by atoms with van der Waals surface area (Å²) in [5, 5.41) is 10.3. The first-order valence-electron chi connectivity index (χ1n) is 8.55. The Bertz CT molecular complexity index is 591. The summed E-state index contributed by atoms with van der Waals surface area (Å²) < 4.78 is 17.3. The summed E-state index contributed by atoms with van der Waals surface area (Å²) >= 11 is 0. The fourth-order valence-corrected chi connectivity index (χ4v) is 3.42. The summed E-state index contributed by atoms with van der Waals surface area (Å²) in [6.45, 7) is 10.3. The van der Waals surface area contributed by atoms with Crippen molar-refractivity contribution in [1.82, 2.24) is 0 Å². The second kappa shape index (κ2) is 6.82. The van der Waals surface area contributed by atoms with Gasteiger partial charge in [-0.3, -0.25) is 0 Å². The molecule has 24 heavy (non-hydrogen) atoms. The predicted octanol–water partition coefficient (Wildman–Crippen LogP) is 2.30. The number of aliphatic hydroxyl groups is 1. The Morgan fingerprint density at radius 2 is 2.17 bits per heavy atom. The largest absolute Gasteiger partial charge is 0.454 e. The zero-order valence-corrected chi connectivity index (χ0v) is 14.5. The van der Waals surface area contributed by atoms with Crippen LogP contribution < -0.4 is 0 Å². The van der Waals surface area contributed by atoms with E-state index in [1.807, 2.05) is 32.9 Å². The molecule has 2 heterocycles. The molecule has 0 unspecified atom stereocenters. The molecule has 0 aromatic rings. The minimum Gasteiger partial charge on any atom is -0.454 e. The highest BCUT2D eigenvalue weighted by atomic mass is 16.6. The van der Waals surface area contributed by atoms with Crippen molar-refractivity contribution in [2.24, 2.45) is 5.92 Å². The molecule has 0 radical (unpaired) electrons. The number of carbonyl (C=O) groups is 1. The molecule has 3 rings (SSSR count). The van der Waals surface area contributed by atoms with Gasteiger partial charge < -0.3 is 19.3 Å². The first-order chi connectivity index (χ1) is 11.4. The van der Waals surface area contributed by atoms with E-state index in [1.165, 1.54) is 0 Å². The summed E-state index contributed by atoms with van der Waals surface area (Å²) in [6, 6.07) is 0.